The van der Waals surface area contributed by atoms with Gasteiger partial charge in [0.1, 0.15) is 0 Å². The van der Waals surface area contributed by atoms with Gasteiger partial charge in [-0.2, -0.15) is 13.2 Å². The molecule has 0 N–H and O–H groups in total. The number of carbonyl (C=O) groups excluding carboxylic acids is 2. The number of rotatable bonds is 3. The Morgan fingerprint density at radius 2 is 1.64 bits per heavy atom. The van der Waals surface area contributed by atoms with Crippen LogP contribution in [0.25, 0.3) is 20.2 Å². The van der Waals surface area contributed by atoms with E-state index >= 15 is 0 Å². The van der Waals surface area contributed by atoms with Crippen molar-refractivity contribution in [2.45, 2.75) is 12.6 Å². The van der Waals surface area contributed by atoms with Crippen molar-refractivity contribution >= 4 is 43.1 Å². The number of hydrogen-bond acceptors (Lipinski definition) is 3. The number of ketones is 2. The van der Waals surface area contributed by atoms with Crippen molar-refractivity contribution in [3.05, 3.63) is 48.0 Å². The lowest BCUT2D eigenvalue weighted by Crippen LogP contribution is -2.25. The third kappa shape index (κ3) is 2.62. The lowest BCUT2D eigenvalue weighted by atomic mass is 10.0. The zero-order valence-corrected chi connectivity index (χ0v) is 11.9. The Bertz CT molecular complexity index is 893. The summed E-state index contributed by atoms with van der Waals surface area (Å²) in [6.45, 7) is 0. The third-order valence-electron chi connectivity index (χ3n) is 3.34. The fraction of sp³-hybridized carbons (Fsp3) is 0.125. The molecule has 0 radical (unpaired) electrons. The fourth-order valence-corrected chi connectivity index (χ4v) is 3.33. The van der Waals surface area contributed by atoms with Crippen LogP contribution in [0, 0.1) is 0 Å². The number of alkyl halides is 3. The Labute approximate surface area is 127 Å². The zero-order valence-electron chi connectivity index (χ0n) is 11.1. The van der Waals surface area contributed by atoms with Gasteiger partial charge in [-0.05, 0) is 24.3 Å². The highest BCUT2D eigenvalue weighted by molar-refractivity contribution is 7.25. The Morgan fingerprint density at radius 3 is 2.36 bits per heavy atom. The lowest BCUT2D eigenvalue weighted by Gasteiger charge is -2.04. The number of benzene rings is 2. The third-order valence-corrected chi connectivity index (χ3v) is 4.49. The SMILES string of the molecule is O=C(CC(=O)C(F)(F)F)c1ccc2sc3ccccc3c2c1. The molecular weight excluding hydrogens is 313 g/mol. The molecule has 0 amide bonds. The van der Waals surface area contributed by atoms with Crippen LogP contribution < -0.4 is 0 Å². The second kappa shape index (κ2) is 5.21. The summed E-state index contributed by atoms with van der Waals surface area (Å²) in [6.07, 6.45) is -6.13. The summed E-state index contributed by atoms with van der Waals surface area (Å²) in [4.78, 5) is 22.8. The monoisotopic (exact) mass is 322 g/mol. The Kier molecular flexibility index (Phi) is 3.48. The maximum absolute atomic E-state index is 12.2. The topological polar surface area (TPSA) is 34.1 Å². The highest BCUT2D eigenvalue weighted by atomic mass is 32.1. The van der Waals surface area contributed by atoms with E-state index in [4.69, 9.17) is 0 Å². The van der Waals surface area contributed by atoms with Crippen LogP contribution in [0.2, 0.25) is 0 Å². The van der Waals surface area contributed by atoms with Gasteiger partial charge in [0.25, 0.3) is 0 Å². The number of halogens is 3. The van der Waals surface area contributed by atoms with Crippen molar-refractivity contribution in [3.63, 3.8) is 0 Å². The smallest absolute Gasteiger partial charge is 0.294 e. The van der Waals surface area contributed by atoms with Gasteiger partial charge in [-0.3, -0.25) is 9.59 Å². The summed E-state index contributed by atoms with van der Waals surface area (Å²) in [7, 11) is 0. The maximum atomic E-state index is 12.2. The van der Waals surface area contributed by atoms with Crippen molar-refractivity contribution in [2.24, 2.45) is 0 Å². The van der Waals surface area contributed by atoms with Crippen molar-refractivity contribution in [2.75, 3.05) is 0 Å². The minimum Gasteiger partial charge on any atom is -0.294 e. The molecule has 112 valence electrons. The summed E-state index contributed by atoms with van der Waals surface area (Å²) in [6, 6.07) is 12.3. The molecule has 1 aromatic heterocycles. The summed E-state index contributed by atoms with van der Waals surface area (Å²) in [5, 5.41) is 1.75. The Morgan fingerprint density at radius 1 is 0.955 bits per heavy atom. The first-order valence-electron chi connectivity index (χ1n) is 6.41. The van der Waals surface area contributed by atoms with Gasteiger partial charge in [-0.15, -0.1) is 11.3 Å². The largest absolute Gasteiger partial charge is 0.450 e. The molecule has 0 spiro atoms. The molecule has 3 aromatic rings. The molecule has 22 heavy (non-hydrogen) atoms. The molecule has 6 heteroatoms. The molecule has 0 bridgehead atoms. The molecule has 3 rings (SSSR count). The van der Waals surface area contributed by atoms with E-state index in [0.717, 1.165) is 20.2 Å². The van der Waals surface area contributed by atoms with Gasteiger partial charge in [0.05, 0.1) is 6.42 Å². The van der Waals surface area contributed by atoms with Crippen LogP contribution in [0.15, 0.2) is 42.5 Å². The van der Waals surface area contributed by atoms with Crippen LogP contribution >= 0.6 is 11.3 Å². The van der Waals surface area contributed by atoms with Crippen LogP contribution in [0.4, 0.5) is 13.2 Å². The van der Waals surface area contributed by atoms with E-state index in [1.54, 1.807) is 23.5 Å². The molecule has 0 saturated carbocycles. The minimum atomic E-state index is -4.98. The van der Waals surface area contributed by atoms with E-state index in [2.05, 4.69) is 0 Å². The number of Topliss-reactive ketones (excluding diaryl/α,β-unsaturated/α-hetero) is 2. The average molecular weight is 322 g/mol. The van der Waals surface area contributed by atoms with Gasteiger partial charge in [-0.1, -0.05) is 18.2 Å². The van der Waals surface area contributed by atoms with Crippen molar-refractivity contribution in [1.82, 2.24) is 0 Å². The highest BCUT2D eigenvalue weighted by Gasteiger charge is 2.39. The van der Waals surface area contributed by atoms with E-state index in [1.165, 1.54) is 6.07 Å². The molecular formula is C16H9F3O2S. The van der Waals surface area contributed by atoms with Crippen molar-refractivity contribution in [1.29, 1.82) is 0 Å². The first-order valence-corrected chi connectivity index (χ1v) is 7.22. The number of hydrogen-bond donors (Lipinski definition) is 0. The summed E-state index contributed by atoms with van der Waals surface area (Å²) >= 11 is 1.54. The molecule has 1 heterocycles. The average Bonchev–Trinajstić information content (AvgIpc) is 2.83. The fourth-order valence-electron chi connectivity index (χ4n) is 2.25. The van der Waals surface area contributed by atoms with Gasteiger partial charge in [0.15, 0.2) is 5.78 Å². The highest BCUT2D eigenvalue weighted by Crippen LogP contribution is 2.34. The van der Waals surface area contributed by atoms with E-state index in [1.807, 2.05) is 24.3 Å². The standard InChI is InChI=1S/C16H9F3O2S/c17-16(18,19)15(21)8-12(20)9-5-6-14-11(7-9)10-3-1-2-4-13(10)22-14/h1-7H,8H2. The van der Waals surface area contributed by atoms with Crippen LogP contribution in [-0.2, 0) is 4.79 Å². The van der Waals surface area contributed by atoms with Crippen molar-refractivity contribution < 1.29 is 22.8 Å². The normalized spacial score (nSPS) is 12.0. The lowest BCUT2D eigenvalue weighted by molar-refractivity contribution is -0.170. The van der Waals surface area contributed by atoms with Gasteiger partial charge in [0.2, 0.25) is 5.78 Å². The van der Waals surface area contributed by atoms with Crippen LogP contribution in [-0.4, -0.2) is 17.7 Å². The molecule has 0 fully saturated rings. The maximum Gasteiger partial charge on any atom is 0.450 e. The van der Waals surface area contributed by atoms with E-state index in [-0.39, 0.29) is 5.56 Å². The van der Waals surface area contributed by atoms with E-state index in [9.17, 15) is 22.8 Å². The number of fused-ring (bicyclic) bond motifs is 3. The van der Waals surface area contributed by atoms with Crippen LogP contribution in [0.5, 0.6) is 0 Å². The molecule has 0 aliphatic carbocycles. The van der Waals surface area contributed by atoms with Crippen LogP contribution in [0.1, 0.15) is 16.8 Å². The molecule has 0 saturated heterocycles. The zero-order chi connectivity index (χ0) is 15.9. The predicted molar refractivity (Wildman–Crippen MR) is 79.3 cm³/mol. The Hall–Kier alpha value is -2.21. The molecule has 0 unspecified atom stereocenters. The first-order chi connectivity index (χ1) is 10.4. The molecule has 2 nitrogen and oxygen atoms in total. The van der Waals surface area contributed by atoms with Gasteiger partial charge < -0.3 is 0 Å². The van der Waals surface area contributed by atoms with E-state index in [0.29, 0.717) is 0 Å². The second-order valence-corrected chi connectivity index (χ2v) is 5.91. The summed E-state index contributed by atoms with van der Waals surface area (Å²) < 4.78 is 38.7. The quantitative estimate of drug-likeness (QED) is 0.515. The number of thiophene rings is 1. The van der Waals surface area contributed by atoms with Crippen molar-refractivity contribution in [3.8, 4) is 0 Å². The summed E-state index contributed by atoms with van der Waals surface area (Å²) in [5.41, 5.74) is 0.119. The number of carbonyl (C=O) groups is 2. The molecule has 2 aromatic carbocycles. The van der Waals surface area contributed by atoms with E-state index < -0.39 is 24.2 Å². The summed E-state index contributed by atoms with van der Waals surface area (Å²) in [5.74, 6) is -2.84. The van der Waals surface area contributed by atoms with Gasteiger partial charge >= 0.3 is 6.18 Å². The molecule has 0 aliphatic heterocycles. The first kappa shape index (κ1) is 14.7. The van der Waals surface area contributed by atoms with Gasteiger partial charge in [-0.25, -0.2) is 0 Å². The Balaban J connectivity index is 1.99. The second-order valence-electron chi connectivity index (χ2n) is 4.83. The van der Waals surface area contributed by atoms with Gasteiger partial charge in [0, 0.05) is 25.7 Å². The minimum absolute atomic E-state index is 0.119. The molecule has 0 aliphatic rings. The van der Waals surface area contributed by atoms with Crippen LogP contribution in [0.3, 0.4) is 0 Å². The predicted octanol–water partition coefficient (Wildman–Crippen LogP) is 4.76. The molecule has 0 atom stereocenters.